The number of piperazine rings is 1. The zero-order valence-corrected chi connectivity index (χ0v) is 19.5. The summed E-state index contributed by atoms with van der Waals surface area (Å²) in [4.78, 5) is 16.9. The molecule has 0 unspecified atom stereocenters. The van der Waals surface area contributed by atoms with Crippen molar-refractivity contribution < 1.29 is 4.79 Å². The van der Waals surface area contributed by atoms with Gasteiger partial charge in [-0.15, -0.1) is 0 Å². The van der Waals surface area contributed by atoms with Crippen molar-refractivity contribution in [3.05, 3.63) is 52.5 Å². The van der Waals surface area contributed by atoms with Crippen LogP contribution in [0.15, 0.2) is 36.4 Å². The van der Waals surface area contributed by atoms with Crippen LogP contribution >= 0.6 is 23.1 Å². The molecule has 1 fully saturated rings. The molecule has 0 spiro atoms. The van der Waals surface area contributed by atoms with Gasteiger partial charge < -0.3 is 10.2 Å². The number of carbonyl (C=O) groups excluding carboxylic acids is 1. The van der Waals surface area contributed by atoms with Gasteiger partial charge in [0, 0.05) is 49.9 Å². The van der Waals surface area contributed by atoms with Gasteiger partial charge in [0.2, 0.25) is 5.91 Å². The Morgan fingerprint density at radius 1 is 1.16 bits per heavy atom. The third kappa shape index (κ3) is 4.04. The second-order valence-electron chi connectivity index (χ2n) is 9.19. The Morgan fingerprint density at radius 3 is 2.74 bits per heavy atom. The second-order valence-corrected chi connectivity index (χ2v) is 10.4. The number of amides is 1. The lowest BCUT2D eigenvalue weighted by atomic mass is 9.77. The van der Waals surface area contributed by atoms with Crippen LogP contribution in [-0.2, 0) is 16.6 Å². The van der Waals surface area contributed by atoms with E-state index in [2.05, 4.69) is 59.3 Å². The highest BCUT2D eigenvalue weighted by Crippen LogP contribution is 2.41. The minimum atomic E-state index is -0.195. The van der Waals surface area contributed by atoms with E-state index < -0.39 is 0 Å². The largest absolute Gasteiger partial charge is 0.353 e. The molecule has 2 aliphatic rings. The fourth-order valence-electron chi connectivity index (χ4n) is 4.72. The molecule has 162 valence electrons. The predicted octanol–water partition coefficient (Wildman–Crippen LogP) is 4.93. The van der Waals surface area contributed by atoms with E-state index >= 15 is 0 Å². The lowest BCUT2D eigenvalue weighted by Gasteiger charge is -2.35. The Balaban J connectivity index is 1.23. The highest BCUT2D eigenvalue weighted by molar-refractivity contribution is 7.13. The van der Waals surface area contributed by atoms with Gasteiger partial charge in [-0.05, 0) is 47.3 Å². The van der Waals surface area contributed by atoms with E-state index in [1.54, 1.807) is 11.5 Å². The predicted molar refractivity (Wildman–Crippen MR) is 130 cm³/mol. The molecule has 5 nitrogen and oxygen atoms in total. The Labute approximate surface area is 192 Å². The van der Waals surface area contributed by atoms with Crippen LogP contribution in [0.25, 0.3) is 10.1 Å². The number of rotatable bonds is 4. The summed E-state index contributed by atoms with van der Waals surface area (Å²) in [5.41, 5.74) is 2.98. The van der Waals surface area contributed by atoms with Gasteiger partial charge >= 0.3 is 0 Å². The summed E-state index contributed by atoms with van der Waals surface area (Å²) in [6.45, 7) is 9.30. The minimum absolute atomic E-state index is 0.0397. The van der Waals surface area contributed by atoms with Crippen LogP contribution in [0, 0.1) is 0 Å². The number of carbonyl (C=O) groups is 1. The van der Waals surface area contributed by atoms with Gasteiger partial charge in [0.25, 0.3) is 0 Å². The molecule has 1 N–H and O–H groups in total. The number of aromatic nitrogens is 1. The summed E-state index contributed by atoms with van der Waals surface area (Å²) in [6, 6.07) is 12.7. The van der Waals surface area contributed by atoms with Crippen molar-refractivity contribution in [2.75, 3.05) is 42.9 Å². The lowest BCUT2D eigenvalue weighted by Crippen LogP contribution is -2.47. The third-order valence-corrected chi connectivity index (χ3v) is 7.61. The lowest BCUT2D eigenvalue weighted by molar-refractivity contribution is -0.117. The molecule has 0 saturated carbocycles. The van der Waals surface area contributed by atoms with Gasteiger partial charge in [-0.2, -0.15) is 4.37 Å². The van der Waals surface area contributed by atoms with Gasteiger partial charge in [0.1, 0.15) is 5.82 Å². The smallest absolute Gasteiger partial charge is 0.225 e. The van der Waals surface area contributed by atoms with Gasteiger partial charge in [-0.25, -0.2) is 0 Å². The van der Waals surface area contributed by atoms with Crippen molar-refractivity contribution in [2.24, 2.45) is 0 Å². The van der Waals surface area contributed by atoms with Crippen molar-refractivity contribution >= 4 is 50.6 Å². The molecule has 0 atom stereocenters. The molecule has 2 aliphatic heterocycles. The Bertz CT molecular complexity index is 1130. The first-order valence-corrected chi connectivity index (χ1v) is 12.0. The SMILES string of the molecule is CC1(C)CC(=O)Nc2c(Cl)cc(CCN3CCN(c4nsc5ccccc45)CC3)cc21. The minimum Gasteiger partial charge on any atom is -0.353 e. The molecule has 1 amide bonds. The molecule has 0 bridgehead atoms. The number of hydrogen-bond acceptors (Lipinski definition) is 5. The van der Waals surface area contributed by atoms with E-state index in [0.717, 1.165) is 56.2 Å². The van der Waals surface area contributed by atoms with Crippen LogP contribution in [0.5, 0.6) is 0 Å². The van der Waals surface area contributed by atoms with Gasteiger partial charge in [0.15, 0.2) is 0 Å². The van der Waals surface area contributed by atoms with Crippen LogP contribution in [0.1, 0.15) is 31.4 Å². The van der Waals surface area contributed by atoms with E-state index in [1.165, 1.54) is 15.6 Å². The van der Waals surface area contributed by atoms with Gasteiger partial charge in [-0.3, -0.25) is 9.69 Å². The third-order valence-electron chi connectivity index (χ3n) is 6.49. The quantitative estimate of drug-likeness (QED) is 0.607. The summed E-state index contributed by atoms with van der Waals surface area (Å²) in [5, 5.41) is 4.87. The van der Waals surface area contributed by atoms with Gasteiger partial charge in [-0.1, -0.05) is 43.6 Å². The number of hydrogen-bond donors (Lipinski definition) is 1. The first kappa shape index (κ1) is 20.7. The summed E-state index contributed by atoms with van der Waals surface area (Å²) >= 11 is 8.13. The van der Waals surface area contributed by atoms with E-state index in [0.29, 0.717) is 11.4 Å². The highest BCUT2D eigenvalue weighted by Gasteiger charge is 2.33. The maximum atomic E-state index is 12.0. The van der Waals surface area contributed by atoms with Crippen molar-refractivity contribution in [2.45, 2.75) is 32.1 Å². The van der Waals surface area contributed by atoms with Crippen LogP contribution in [0.3, 0.4) is 0 Å². The Kier molecular flexibility index (Phi) is 5.40. The van der Waals surface area contributed by atoms with Crippen LogP contribution in [0.4, 0.5) is 11.5 Å². The average Bonchev–Trinajstić information content (AvgIpc) is 3.17. The number of nitrogens with zero attached hydrogens (tertiary/aromatic N) is 3. The van der Waals surface area contributed by atoms with E-state index in [4.69, 9.17) is 16.0 Å². The molecule has 1 aromatic heterocycles. The van der Waals surface area contributed by atoms with Crippen LogP contribution in [-0.4, -0.2) is 47.9 Å². The van der Waals surface area contributed by atoms with Crippen molar-refractivity contribution in [3.63, 3.8) is 0 Å². The number of nitrogens with one attached hydrogen (secondary N) is 1. The summed E-state index contributed by atoms with van der Waals surface area (Å²) < 4.78 is 5.96. The topological polar surface area (TPSA) is 48.5 Å². The molecule has 7 heteroatoms. The van der Waals surface area contributed by atoms with Gasteiger partial charge in [0.05, 0.1) is 15.4 Å². The maximum absolute atomic E-state index is 12.0. The molecule has 3 heterocycles. The normalized spacial score (nSPS) is 18.8. The number of fused-ring (bicyclic) bond motifs is 2. The molecular formula is C24H27ClN4OS. The zero-order chi connectivity index (χ0) is 21.6. The molecule has 2 aromatic carbocycles. The molecule has 31 heavy (non-hydrogen) atoms. The van der Waals surface area contributed by atoms with Crippen molar-refractivity contribution in [3.8, 4) is 0 Å². The molecule has 5 rings (SSSR count). The summed E-state index contributed by atoms with van der Waals surface area (Å²) in [7, 11) is 0. The zero-order valence-electron chi connectivity index (χ0n) is 17.9. The van der Waals surface area contributed by atoms with Crippen LogP contribution in [0.2, 0.25) is 5.02 Å². The second kappa shape index (κ2) is 8.08. The Hall–Kier alpha value is -2.15. The maximum Gasteiger partial charge on any atom is 0.225 e. The molecular weight excluding hydrogens is 428 g/mol. The molecule has 0 radical (unpaired) electrons. The monoisotopic (exact) mass is 454 g/mol. The Morgan fingerprint density at radius 2 is 1.94 bits per heavy atom. The summed E-state index contributed by atoms with van der Waals surface area (Å²) in [5.74, 6) is 1.17. The molecule has 3 aromatic rings. The summed E-state index contributed by atoms with van der Waals surface area (Å²) in [6.07, 6.45) is 1.45. The number of halogens is 1. The highest BCUT2D eigenvalue weighted by atomic mass is 35.5. The molecule has 1 saturated heterocycles. The average molecular weight is 455 g/mol. The number of benzene rings is 2. The first-order valence-electron chi connectivity index (χ1n) is 10.9. The van der Waals surface area contributed by atoms with Crippen molar-refractivity contribution in [1.29, 1.82) is 0 Å². The fraction of sp³-hybridized carbons (Fsp3) is 0.417. The van der Waals surface area contributed by atoms with E-state index in [-0.39, 0.29) is 11.3 Å². The standard InChI is InChI=1S/C24H27ClN4OS/c1-24(2)15-21(30)26-22-18(24)13-16(14-19(22)25)7-8-28-9-11-29(12-10-28)23-17-5-3-4-6-20(17)31-27-23/h3-6,13-14H,7-12,15H2,1-2H3,(H,26,30). The van der Waals surface area contributed by atoms with Crippen molar-refractivity contribution in [1.82, 2.24) is 9.27 Å². The first-order chi connectivity index (χ1) is 14.9. The molecule has 0 aliphatic carbocycles. The number of anilines is 2. The fourth-order valence-corrected chi connectivity index (χ4v) is 5.80. The van der Waals surface area contributed by atoms with Crippen LogP contribution < -0.4 is 10.2 Å². The van der Waals surface area contributed by atoms with E-state index in [9.17, 15) is 4.79 Å². The van der Waals surface area contributed by atoms with E-state index in [1.807, 2.05) is 6.07 Å².